The van der Waals surface area contributed by atoms with Crippen LogP contribution in [0.4, 0.5) is 0 Å². The van der Waals surface area contributed by atoms with E-state index < -0.39 is 49.4 Å². The molecule has 2 fully saturated rings. The van der Waals surface area contributed by atoms with Crippen molar-refractivity contribution in [2.24, 2.45) is 0 Å². The SMILES string of the molecule is O=C1C[C@@H](O[C@@H]2O[C@H](CO)[C@H](O)[C@H](O)[C@H]2O)CO1. The van der Waals surface area contributed by atoms with Gasteiger partial charge in [-0.3, -0.25) is 4.79 Å². The fraction of sp³-hybridized carbons (Fsp3) is 0.900. The average Bonchev–Trinajstić information content (AvgIpc) is 2.75. The van der Waals surface area contributed by atoms with Crippen molar-refractivity contribution in [1.29, 1.82) is 0 Å². The Kier molecular flexibility index (Phi) is 4.15. The van der Waals surface area contributed by atoms with E-state index in [-0.39, 0.29) is 13.0 Å². The third-order valence-electron chi connectivity index (χ3n) is 3.00. The minimum Gasteiger partial charge on any atom is -0.463 e. The number of hydrogen-bond acceptors (Lipinski definition) is 8. The van der Waals surface area contributed by atoms with E-state index in [1.165, 1.54) is 0 Å². The molecule has 8 nitrogen and oxygen atoms in total. The second-order valence-electron chi connectivity index (χ2n) is 4.34. The number of aliphatic hydroxyl groups is 4. The summed E-state index contributed by atoms with van der Waals surface area (Å²) in [6, 6.07) is 0. The van der Waals surface area contributed by atoms with Gasteiger partial charge in [-0.25, -0.2) is 0 Å². The maximum absolute atomic E-state index is 10.9. The van der Waals surface area contributed by atoms with Crippen LogP contribution in [0.15, 0.2) is 0 Å². The summed E-state index contributed by atoms with van der Waals surface area (Å²) in [6.07, 6.45) is -7.15. The Morgan fingerprint density at radius 1 is 1.22 bits per heavy atom. The van der Waals surface area contributed by atoms with Gasteiger partial charge < -0.3 is 34.6 Å². The van der Waals surface area contributed by atoms with Crippen LogP contribution in [-0.4, -0.2) is 76.4 Å². The number of hydrogen-bond donors (Lipinski definition) is 4. The predicted molar refractivity (Wildman–Crippen MR) is 54.2 cm³/mol. The molecule has 0 aliphatic carbocycles. The largest absolute Gasteiger partial charge is 0.463 e. The van der Waals surface area contributed by atoms with Crippen LogP contribution in [0.1, 0.15) is 6.42 Å². The molecule has 0 bridgehead atoms. The lowest BCUT2D eigenvalue weighted by Crippen LogP contribution is -2.59. The summed E-state index contributed by atoms with van der Waals surface area (Å²) < 4.78 is 15.1. The molecule has 2 aliphatic rings. The molecule has 0 amide bonds. The van der Waals surface area contributed by atoms with Crippen molar-refractivity contribution in [1.82, 2.24) is 0 Å². The maximum atomic E-state index is 10.9. The molecule has 0 saturated carbocycles. The standard InChI is InChI=1S/C10H16O8/c11-2-5-7(13)8(14)9(15)10(18-5)17-4-1-6(12)16-3-4/h4-5,7-11,13-15H,1-3H2/t4-,5-,7+,8+,9-,10-/m1/s1. The molecular formula is C10H16O8. The number of esters is 1. The van der Waals surface area contributed by atoms with E-state index in [1.54, 1.807) is 0 Å². The Morgan fingerprint density at radius 3 is 2.50 bits per heavy atom. The van der Waals surface area contributed by atoms with Crippen LogP contribution in [0.3, 0.4) is 0 Å². The molecule has 0 spiro atoms. The summed E-state index contributed by atoms with van der Waals surface area (Å²) in [5.74, 6) is -0.412. The smallest absolute Gasteiger partial charge is 0.308 e. The Labute approximate surface area is 103 Å². The second kappa shape index (κ2) is 5.47. The van der Waals surface area contributed by atoms with Gasteiger partial charge in [0.25, 0.3) is 0 Å². The van der Waals surface area contributed by atoms with E-state index in [0.717, 1.165) is 0 Å². The summed E-state index contributed by atoms with van der Waals surface area (Å²) in [6.45, 7) is -0.473. The third-order valence-corrected chi connectivity index (χ3v) is 3.00. The fourth-order valence-corrected chi connectivity index (χ4v) is 1.95. The van der Waals surface area contributed by atoms with Gasteiger partial charge in [0.15, 0.2) is 6.29 Å². The van der Waals surface area contributed by atoms with Gasteiger partial charge >= 0.3 is 5.97 Å². The first kappa shape index (κ1) is 13.7. The summed E-state index contributed by atoms with van der Waals surface area (Å²) in [4.78, 5) is 10.9. The number of ether oxygens (including phenoxy) is 3. The summed E-state index contributed by atoms with van der Waals surface area (Å²) in [5.41, 5.74) is 0. The highest BCUT2D eigenvalue weighted by molar-refractivity contribution is 5.71. The zero-order chi connectivity index (χ0) is 13.3. The lowest BCUT2D eigenvalue weighted by molar-refractivity contribution is -0.310. The van der Waals surface area contributed by atoms with Gasteiger partial charge in [-0.1, -0.05) is 0 Å². The highest BCUT2D eigenvalue weighted by Gasteiger charge is 2.45. The molecule has 0 unspecified atom stereocenters. The molecule has 18 heavy (non-hydrogen) atoms. The Balaban J connectivity index is 1.96. The minimum atomic E-state index is -1.49. The van der Waals surface area contributed by atoms with Crippen LogP contribution in [0, 0.1) is 0 Å². The first-order valence-electron chi connectivity index (χ1n) is 5.64. The van der Waals surface area contributed by atoms with Crippen LogP contribution >= 0.6 is 0 Å². The first-order chi connectivity index (χ1) is 8.52. The molecule has 8 heteroatoms. The van der Waals surface area contributed by atoms with Gasteiger partial charge in [-0.15, -0.1) is 0 Å². The number of cyclic esters (lactones) is 1. The van der Waals surface area contributed by atoms with Crippen LogP contribution in [0.2, 0.25) is 0 Å². The number of rotatable bonds is 3. The van der Waals surface area contributed by atoms with Crippen molar-refractivity contribution >= 4 is 5.97 Å². The highest BCUT2D eigenvalue weighted by Crippen LogP contribution is 2.24. The fourth-order valence-electron chi connectivity index (χ4n) is 1.95. The zero-order valence-electron chi connectivity index (χ0n) is 9.51. The van der Waals surface area contributed by atoms with E-state index in [9.17, 15) is 20.1 Å². The van der Waals surface area contributed by atoms with Crippen LogP contribution < -0.4 is 0 Å². The molecule has 4 N–H and O–H groups in total. The van der Waals surface area contributed by atoms with E-state index in [4.69, 9.17) is 14.6 Å². The monoisotopic (exact) mass is 264 g/mol. The third kappa shape index (κ3) is 2.63. The molecule has 2 aliphatic heterocycles. The second-order valence-corrected chi connectivity index (χ2v) is 4.34. The molecule has 2 saturated heterocycles. The maximum Gasteiger partial charge on any atom is 0.308 e. The highest BCUT2D eigenvalue weighted by atomic mass is 16.7. The van der Waals surface area contributed by atoms with E-state index in [1.807, 2.05) is 0 Å². The predicted octanol–water partition coefficient (Wildman–Crippen LogP) is -2.88. The molecule has 0 aromatic heterocycles. The zero-order valence-corrected chi connectivity index (χ0v) is 9.51. The van der Waals surface area contributed by atoms with E-state index in [0.29, 0.717) is 0 Å². The number of aliphatic hydroxyl groups excluding tert-OH is 4. The number of carbonyl (C=O) groups excluding carboxylic acids is 1. The van der Waals surface area contributed by atoms with Crippen LogP contribution in [0.5, 0.6) is 0 Å². The molecule has 0 radical (unpaired) electrons. The summed E-state index contributed by atoms with van der Waals surface area (Å²) >= 11 is 0. The molecule has 0 aromatic carbocycles. The Bertz CT molecular complexity index is 306. The Morgan fingerprint density at radius 2 is 1.94 bits per heavy atom. The van der Waals surface area contributed by atoms with Gasteiger partial charge in [0, 0.05) is 0 Å². The molecule has 104 valence electrons. The molecule has 6 atom stereocenters. The lowest BCUT2D eigenvalue weighted by Gasteiger charge is -2.40. The van der Waals surface area contributed by atoms with Gasteiger partial charge in [0.1, 0.15) is 37.1 Å². The first-order valence-corrected chi connectivity index (χ1v) is 5.64. The van der Waals surface area contributed by atoms with Crippen molar-refractivity contribution in [3.8, 4) is 0 Å². The average molecular weight is 264 g/mol. The van der Waals surface area contributed by atoms with Crippen molar-refractivity contribution in [2.75, 3.05) is 13.2 Å². The van der Waals surface area contributed by atoms with Gasteiger partial charge in [-0.05, 0) is 0 Å². The topological polar surface area (TPSA) is 126 Å². The summed E-state index contributed by atoms with van der Waals surface area (Å²) in [7, 11) is 0. The quantitative estimate of drug-likeness (QED) is 0.400. The van der Waals surface area contributed by atoms with Crippen molar-refractivity contribution in [3.63, 3.8) is 0 Å². The molecule has 2 rings (SSSR count). The van der Waals surface area contributed by atoms with E-state index in [2.05, 4.69) is 4.74 Å². The molecule has 0 aromatic rings. The lowest BCUT2D eigenvalue weighted by atomic mass is 9.99. The van der Waals surface area contributed by atoms with Gasteiger partial charge in [0.2, 0.25) is 0 Å². The normalized spacial score (nSPS) is 45.0. The van der Waals surface area contributed by atoms with Gasteiger partial charge in [0.05, 0.1) is 13.0 Å². The van der Waals surface area contributed by atoms with Crippen LogP contribution in [-0.2, 0) is 19.0 Å². The van der Waals surface area contributed by atoms with E-state index >= 15 is 0 Å². The Hall–Kier alpha value is -0.770. The van der Waals surface area contributed by atoms with Crippen molar-refractivity contribution in [2.45, 2.75) is 43.2 Å². The number of carbonyl (C=O) groups is 1. The van der Waals surface area contributed by atoms with Gasteiger partial charge in [-0.2, -0.15) is 0 Å². The minimum absolute atomic E-state index is 0.0367. The van der Waals surface area contributed by atoms with Crippen LogP contribution in [0.25, 0.3) is 0 Å². The summed E-state index contributed by atoms with van der Waals surface area (Å²) in [5, 5.41) is 37.7. The molecular weight excluding hydrogens is 248 g/mol. The molecule has 2 heterocycles. The van der Waals surface area contributed by atoms with Crippen molar-refractivity contribution < 1.29 is 39.4 Å². The van der Waals surface area contributed by atoms with Crippen molar-refractivity contribution in [3.05, 3.63) is 0 Å².